The number of halogens is 4. The Labute approximate surface area is 185 Å². The zero-order valence-electron chi connectivity index (χ0n) is 17.4. The molecule has 0 unspecified atom stereocenters. The van der Waals surface area contributed by atoms with Gasteiger partial charge in [-0.3, -0.25) is 4.79 Å². The van der Waals surface area contributed by atoms with Crippen molar-refractivity contribution in [1.29, 1.82) is 5.26 Å². The van der Waals surface area contributed by atoms with Crippen molar-refractivity contribution in [3.8, 4) is 6.07 Å². The van der Waals surface area contributed by atoms with E-state index in [0.29, 0.717) is 0 Å². The summed E-state index contributed by atoms with van der Waals surface area (Å²) in [5.41, 5.74) is -0.263. The number of likely N-dealkylation sites (N-methyl/N-ethyl adjacent to an activating group) is 1. The number of likely N-dealkylation sites (tertiary alicyclic amines) is 1. The third kappa shape index (κ3) is 6.46. The van der Waals surface area contributed by atoms with Crippen molar-refractivity contribution < 1.29 is 18.0 Å². The van der Waals surface area contributed by atoms with Gasteiger partial charge in [0, 0.05) is 13.0 Å². The number of piperidine rings is 1. The fourth-order valence-corrected chi connectivity index (χ4v) is 4.05. The molecule has 1 aliphatic heterocycles. The highest BCUT2D eigenvalue weighted by Crippen LogP contribution is 2.36. The highest BCUT2D eigenvalue weighted by molar-refractivity contribution is 6.34. The van der Waals surface area contributed by atoms with Crippen molar-refractivity contribution in [2.45, 2.75) is 44.4 Å². The van der Waals surface area contributed by atoms with Gasteiger partial charge < -0.3 is 10.2 Å². The predicted octanol–water partition coefficient (Wildman–Crippen LogP) is 5.84. The number of hydrogen-bond acceptors (Lipinski definition) is 3. The molecule has 8 heteroatoms. The maximum absolute atomic E-state index is 13.1. The second-order valence-electron chi connectivity index (χ2n) is 7.29. The van der Waals surface area contributed by atoms with Crippen LogP contribution < -0.4 is 5.32 Å². The number of amides is 1. The minimum Gasteiger partial charge on any atom is -0.344 e. The van der Waals surface area contributed by atoms with Crippen molar-refractivity contribution in [1.82, 2.24) is 10.2 Å². The van der Waals surface area contributed by atoms with E-state index in [2.05, 4.69) is 10.2 Å². The van der Waals surface area contributed by atoms with E-state index in [1.165, 1.54) is 19.1 Å². The van der Waals surface area contributed by atoms with Gasteiger partial charge in [-0.2, -0.15) is 18.4 Å². The number of benzene rings is 2. The first-order valence-corrected chi connectivity index (χ1v) is 10.3. The number of carbonyl (C=O) groups is 1. The van der Waals surface area contributed by atoms with Gasteiger partial charge in [0.05, 0.1) is 28.3 Å². The number of alkyl halides is 3. The molecule has 0 aromatic heterocycles. The average molecular weight is 452 g/mol. The summed E-state index contributed by atoms with van der Waals surface area (Å²) >= 11 is 5.94. The molecule has 1 amide bonds. The van der Waals surface area contributed by atoms with E-state index >= 15 is 0 Å². The summed E-state index contributed by atoms with van der Waals surface area (Å²) in [5.74, 6) is -0.607. The van der Waals surface area contributed by atoms with Crippen LogP contribution in [-0.2, 0) is 6.18 Å². The Bertz CT molecular complexity index is 913. The lowest BCUT2D eigenvalue weighted by Crippen LogP contribution is -2.47. The van der Waals surface area contributed by atoms with Crippen LogP contribution in [-0.4, -0.2) is 30.4 Å². The van der Waals surface area contributed by atoms with Crippen LogP contribution in [0.15, 0.2) is 48.5 Å². The minimum atomic E-state index is -4.62. The summed E-state index contributed by atoms with van der Waals surface area (Å²) in [7, 11) is 2.00. The van der Waals surface area contributed by atoms with Crippen LogP contribution in [0.2, 0.25) is 5.02 Å². The van der Waals surface area contributed by atoms with Crippen LogP contribution in [0, 0.1) is 11.3 Å². The molecule has 1 aliphatic rings. The van der Waals surface area contributed by atoms with Gasteiger partial charge in [0.25, 0.3) is 5.91 Å². The first kappa shape index (κ1) is 24.7. The number of carbonyl (C=O) groups excluding carboxylic acids is 1. The zero-order valence-corrected chi connectivity index (χ0v) is 18.2. The number of hydrogen-bond donors (Lipinski definition) is 1. The molecular weight excluding hydrogens is 427 g/mol. The second-order valence-corrected chi connectivity index (χ2v) is 7.67. The summed E-state index contributed by atoms with van der Waals surface area (Å²) in [4.78, 5) is 15.1. The van der Waals surface area contributed by atoms with Crippen LogP contribution in [0.4, 0.5) is 13.2 Å². The average Bonchev–Trinajstić information content (AvgIpc) is 2.73. The Kier molecular flexibility index (Phi) is 8.90. The first-order chi connectivity index (χ1) is 14.7. The molecule has 0 radical (unpaired) electrons. The normalized spacial score (nSPS) is 17.6. The minimum absolute atomic E-state index is 0.0599. The van der Waals surface area contributed by atoms with E-state index in [1.807, 2.05) is 37.4 Å². The Hall–Kier alpha value is -2.56. The lowest BCUT2D eigenvalue weighted by Gasteiger charge is -2.38. The standard InChI is InChI=1S/C21H22ClF3N2O.C2H3N/c1-27-13-6-5-12-17(27)19(14-8-3-2-4-9-14)26-20(28)15-10-7-11-16(18(15)22)21(23,24)25;1-2-3/h2-4,7-11,17,19H,5-6,12-13H2,1H3,(H,26,28);1H3/t17-,19-;/m0./s1. The van der Waals surface area contributed by atoms with Gasteiger partial charge in [0.2, 0.25) is 0 Å². The van der Waals surface area contributed by atoms with Crippen molar-refractivity contribution in [3.63, 3.8) is 0 Å². The van der Waals surface area contributed by atoms with Gasteiger partial charge in [0.15, 0.2) is 0 Å². The maximum atomic E-state index is 13.1. The zero-order chi connectivity index (χ0) is 23.0. The molecule has 2 atom stereocenters. The summed E-state index contributed by atoms with van der Waals surface area (Å²) in [6, 6.07) is 14.4. The lowest BCUT2D eigenvalue weighted by molar-refractivity contribution is -0.137. The Morgan fingerprint density at radius 2 is 1.84 bits per heavy atom. The molecule has 2 aromatic rings. The third-order valence-corrected chi connectivity index (χ3v) is 5.61. The number of nitriles is 1. The molecule has 1 saturated heterocycles. The summed E-state index contributed by atoms with van der Waals surface area (Å²) in [6.07, 6.45) is -1.59. The molecule has 4 nitrogen and oxygen atoms in total. The van der Waals surface area contributed by atoms with E-state index in [-0.39, 0.29) is 17.6 Å². The van der Waals surface area contributed by atoms with Crippen LogP contribution in [0.25, 0.3) is 0 Å². The Balaban J connectivity index is 0.00000107. The molecule has 166 valence electrons. The number of nitrogens with one attached hydrogen (secondary N) is 1. The molecular formula is C23H25ClF3N3O. The van der Waals surface area contributed by atoms with Crippen molar-refractivity contribution in [3.05, 3.63) is 70.2 Å². The van der Waals surface area contributed by atoms with E-state index in [0.717, 1.165) is 37.4 Å². The molecule has 0 saturated carbocycles. The predicted molar refractivity (Wildman–Crippen MR) is 115 cm³/mol. The summed E-state index contributed by atoms with van der Waals surface area (Å²) < 4.78 is 39.4. The van der Waals surface area contributed by atoms with E-state index < -0.39 is 22.7 Å². The molecule has 3 rings (SSSR count). The lowest BCUT2D eigenvalue weighted by atomic mass is 9.91. The third-order valence-electron chi connectivity index (χ3n) is 5.21. The fourth-order valence-electron chi connectivity index (χ4n) is 3.73. The topological polar surface area (TPSA) is 56.1 Å². The molecule has 31 heavy (non-hydrogen) atoms. The Morgan fingerprint density at radius 1 is 1.19 bits per heavy atom. The summed E-state index contributed by atoms with van der Waals surface area (Å²) in [6.45, 7) is 2.34. The fraction of sp³-hybridized carbons (Fsp3) is 0.391. The largest absolute Gasteiger partial charge is 0.417 e. The van der Waals surface area contributed by atoms with E-state index in [4.69, 9.17) is 16.9 Å². The van der Waals surface area contributed by atoms with Crippen LogP contribution in [0.3, 0.4) is 0 Å². The quantitative estimate of drug-likeness (QED) is 0.635. The molecule has 1 N–H and O–H groups in total. The van der Waals surface area contributed by atoms with Crippen molar-refractivity contribution >= 4 is 17.5 Å². The maximum Gasteiger partial charge on any atom is 0.417 e. The Morgan fingerprint density at radius 3 is 2.42 bits per heavy atom. The molecule has 2 aromatic carbocycles. The van der Waals surface area contributed by atoms with E-state index in [9.17, 15) is 18.0 Å². The van der Waals surface area contributed by atoms with Crippen molar-refractivity contribution in [2.24, 2.45) is 0 Å². The van der Waals surface area contributed by atoms with Gasteiger partial charge in [-0.05, 0) is 44.1 Å². The smallest absolute Gasteiger partial charge is 0.344 e. The summed E-state index contributed by atoms with van der Waals surface area (Å²) in [5, 5.41) is 9.68. The number of rotatable bonds is 4. The van der Waals surface area contributed by atoms with Gasteiger partial charge in [-0.1, -0.05) is 54.4 Å². The molecule has 1 heterocycles. The van der Waals surface area contributed by atoms with Crippen LogP contribution in [0.5, 0.6) is 0 Å². The van der Waals surface area contributed by atoms with Crippen molar-refractivity contribution in [2.75, 3.05) is 13.6 Å². The van der Waals surface area contributed by atoms with Gasteiger partial charge in [-0.25, -0.2) is 0 Å². The monoisotopic (exact) mass is 451 g/mol. The van der Waals surface area contributed by atoms with Crippen LogP contribution >= 0.6 is 11.6 Å². The molecule has 0 spiro atoms. The molecule has 1 fully saturated rings. The first-order valence-electron chi connectivity index (χ1n) is 9.93. The molecule has 0 bridgehead atoms. The molecule has 0 aliphatic carbocycles. The SMILES string of the molecule is CC#N.CN1CCCC[C@H]1[C@@H](NC(=O)c1cccc(C(F)(F)F)c1Cl)c1ccccc1. The van der Waals surface area contributed by atoms with E-state index in [1.54, 1.807) is 6.07 Å². The van der Waals surface area contributed by atoms with Gasteiger partial charge >= 0.3 is 6.18 Å². The van der Waals surface area contributed by atoms with Gasteiger partial charge in [0.1, 0.15) is 0 Å². The second kappa shape index (κ2) is 11.2. The van der Waals surface area contributed by atoms with Crippen LogP contribution in [0.1, 0.15) is 53.7 Å². The highest BCUT2D eigenvalue weighted by Gasteiger charge is 2.36. The highest BCUT2D eigenvalue weighted by atomic mass is 35.5. The van der Waals surface area contributed by atoms with Gasteiger partial charge in [-0.15, -0.1) is 0 Å². The number of nitrogens with zero attached hydrogens (tertiary/aromatic N) is 2.